The molecule has 1 saturated heterocycles. The van der Waals surface area contributed by atoms with Crippen LogP contribution in [0, 0.1) is 6.92 Å². The third-order valence-corrected chi connectivity index (χ3v) is 5.17. The van der Waals surface area contributed by atoms with Crippen molar-refractivity contribution in [2.45, 2.75) is 38.0 Å². The first-order valence-corrected chi connectivity index (χ1v) is 9.75. The molecule has 1 amide bonds. The van der Waals surface area contributed by atoms with Crippen molar-refractivity contribution in [2.24, 2.45) is 0 Å². The van der Waals surface area contributed by atoms with E-state index in [0.29, 0.717) is 5.13 Å². The predicted molar refractivity (Wildman–Crippen MR) is 98.3 cm³/mol. The summed E-state index contributed by atoms with van der Waals surface area (Å²) in [6.45, 7) is 7.54. The fourth-order valence-electron chi connectivity index (χ4n) is 2.59. The molecule has 1 aliphatic heterocycles. The zero-order valence-corrected chi connectivity index (χ0v) is 15.9. The van der Waals surface area contributed by atoms with Crippen LogP contribution in [0.25, 0.3) is 0 Å². The van der Waals surface area contributed by atoms with Gasteiger partial charge in [-0.1, -0.05) is 23.1 Å². The van der Waals surface area contributed by atoms with Crippen LogP contribution in [0.5, 0.6) is 0 Å². The third kappa shape index (κ3) is 5.10. The van der Waals surface area contributed by atoms with Crippen LogP contribution in [-0.4, -0.2) is 57.1 Å². The molecule has 8 nitrogen and oxygen atoms in total. The van der Waals surface area contributed by atoms with Gasteiger partial charge in [-0.3, -0.25) is 10.1 Å². The molecule has 0 bridgehead atoms. The van der Waals surface area contributed by atoms with Crippen LogP contribution in [0.4, 0.5) is 10.9 Å². The number of thioether (sulfide) groups is 1. The van der Waals surface area contributed by atoms with Gasteiger partial charge in [0.05, 0.1) is 18.0 Å². The number of carbonyl (C=O) groups excluding carboxylic acids is 1. The third-order valence-electron chi connectivity index (χ3n) is 3.49. The smallest absolute Gasteiger partial charge is 0.236 e. The van der Waals surface area contributed by atoms with Crippen molar-refractivity contribution in [1.29, 1.82) is 0 Å². The highest BCUT2D eigenvalue weighted by Gasteiger charge is 2.23. The highest BCUT2D eigenvalue weighted by Crippen LogP contribution is 2.23. The Bertz CT molecular complexity index is 730. The molecule has 10 heteroatoms. The van der Waals surface area contributed by atoms with Crippen LogP contribution >= 0.6 is 23.1 Å². The van der Waals surface area contributed by atoms with Crippen LogP contribution in [0.15, 0.2) is 17.4 Å². The summed E-state index contributed by atoms with van der Waals surface area (Å²) < 4.78 is 5.75. The first-order valence-electron chi connectivity index (χ1n) is 7.95. The summed E-state index contributed by atoms with van der Waals surface area (Å²) in [6.07, 6.45) is 1.86. The number of ether oxygens (including phenoxy) is 1. The number of aryl methyl sites for hydroxylation is 1. The first-order chi connectivity index (χ1) is 12.0. The molecule has 25 heavy (non-hydrogen) atoms. The van der Waals surface area contributed by atoms with E-state index in [-0.39, 0.29) is 23.9 Å². The van der Waals surface area contributed by atoms with E-state index in [9.17, 15) is 4.79 Å². The van der Waals surface area contributed by atoms with Gasteiger partial charge in [0.15, 0.2) is 0 Å². The van der Waals surface area contributed by atoms with Gasteiger partial charge < -0.3 is 9.64 Å². The minimum atomic E-state index is -0.130. The summed E-state index contributed by atoms with van der Waals surface area (Å²) >= 11 is 2.72. The molecule has 134 valence electrons. The van der Waals surface area contributed by atoms with Crippen molar-refractivity contribution in [3.63, 3.8) is 0 Å². The molecule has 3 heterocycles. The molecule has 2 atom stereocenters. The molecular weight excluding hydrogens is 360 g/mol. The van der Waals surface area contributed by atoms with Crippen molar-refractivity contribution in [2.75, 3.05) is 29.1 Å². The van der Waals surface area contributed by atoms with Crippen LogP contribution in [-0.2, 0) is 9.53 Å². The summed E-state index contributed by atoms with van der Waals surface area (Å²) in [5.74, 6) is 0.986. The van der Waals surface area contributed by atoms with Crippen molar-refractivity contribution < 1.29 is 9.53 Å². The molecule has 2 aromatic heterocycles. The Balaban J connectivity index is 1.57. The topological polar surface area (TPSA) is 93.1 Å². The summed E-state index contributed by atoms with van der Waals surface area (Å²) in [7, 11) is 0. The minimum absolute atomic E-state index is 0.130. The highest BCUT2D eigenvalue weighted by molar-refractivity contribution is 7.99. The van der Waals surface area contributed by atoms with Gasteiger partial charge in [-0.15, -0.1) is 10.2 Å². The normalized spacial score (nSPS) is 20.5. The van der Waals surface area contributed by atoms with Crippen LogP contribution in [0.2, 0.25) is 0 Å². The molecular formula is C15H20N6O2S2. The van der Waals surface area contributed by atoms with Gasteiger partial charge in [-0.2, -0.15) is 0 Å². The van der Waals surface area contributed by atoms with E-state index >= 15 is 0 Å². The van der Waals surface area contributed by atoms with E-state index in [1.165, 1.54) is 29.4 Å². The lowest BCUT2D eigenvalue weighted by Crippen LogP contribution is -2.45. The Kier molecular flexibility index (Phi) is 5.82. The van der Waals surface area contributed by atoms with Crippen molar-refractivity contribution >= 4 is 40.0 Å². The fraction of sp³-hybridized carbons (Fsp3) is 0.533. The maximum absolute atomic E-state index is 12.0. The van der Waals surface area contributed by atoms with Gasteiger partial charge in [-0.05, 0) is 20.8 Å². The van der Waals surface area contributed by atoms with E-state index in [0.717, 1.165) is 28.9 Å². The SMILES string of the molecule is Cc1nnc(NC(=O)CSc2cc(N3CC(C)OC(C)C3)ncn2)s1. The summed E-state index contributed by atoms with van der Waals surface area (Å²) in [6, 6.07) is 1.91. The Morgan fingerprint density at radius 3 is 2.80 bits per heavy atom. The second-order valence-electron chi connectivity index (χ2n) is 5.84. The van der Waals surface area contributed by atoms with Crippen molar-refractivity contribution in [3.05, 3.63) is 17.4 Å². The van der Waals surface area contributed by atoms with E-state index in [1.807, 2.05) is 13.0 Å². The monoisotopic (exact) mass is 380 g/mol. The molecule has 0 aromatic carbocycles. The lowest BCUT2D eigenvalue weighted by Gasteiger charge is -2.36. The number of amides is 1. The Hall–Kier alpha value is -1.78. The van der Waals surface area contributed by atoms with Crippen molar-refractivity contribution in [3.8, 4) is 0 Å². The number of anilines is 2. The van der Waals surface area contributed by atoms with E-state index in [4.69, 9.17) is 4.74 Å². The predicted octanol–water partition coefficient (Wildman–Crippen LogP) is 1.98. The molecule has 0 spiro atoms. The van der Waals surface area contributed by atoms with Gasteiger partial charge in [0.1, 0.15) is 22.2 Å². The Morgan fingerprint density at radius 1 is 1.36 bits per heavy atom. The Morgan fingerprint density at radius 2 is 2.12 bits per heavy atom. The van der Waals surface area contributed by atoms with Crippen LogP contribution in [0.3, 0.4) is 0 Å². The van der Waals surface area contributed by atoms with E-state index < -0.39 is 0 Å². The summed E-state index contributed by atoms with van der Waals surface area (Å²) in [5.41, 5.74) is 0. The lowest BCUT2D eigenvalue weighted by molar-refractivity contribution is -0.113. The average Bonchev–Trinajstić information content (AvgIpc) is 2.97. The number of hydrogen-bond donors (Lipinski definition) is 1. The molecule has 1 aliphatic rings. The quantitative estimate of drug-likeness (QED) is 0.622. The van der Waals surface area contributed by atoms with Gasteiger partial charge >= 0.3 is 0 Å². The van der Waals surface area contributed by atoms with Crippen LogP contribution in [0.1, 0.15) is 18.9 Å². The second kappa shape index (κ2) is 8.07. The van der Waals surface area contributed by atoms with Gasteiger partial charge in [0.2, 0.25) is 11.0 Å². The van der Waals surface area contributed by atoms with Gasteiger partial charge in [0.25, 0.3) is 0 Å². The lowest BCUT2D eigenvalue weighted by atomic mass is 10.2. The number of carbonyl (C=O) groups is 1. The molecule has 1 N–H and O–H groups in total. The average molecular weight is 380 g/mol. The van der Waals surface area contributed by atoms with Gasteiger partial charge in [-0.25, -0.2) is 9.97 Å². The number of rotatable bonds is 5. The van der Waals surface area contributed by atoms with Crippen molar-refractivity contribution in [1.82, 2.24) is 20.2 Å². The number of aromatic nitrogens is 4. The minimum Gasteiger partial charge on any atom is -0.372 e. The largest absolute Gasteiger partial charge is 0.372 e. The first kappa shape index (κ1) is 18.0. The molecule has 2 aromatic rings. The molecule has 0 saturated carbocycles. The van der Waals surface area contributed by atoms with E-state index in [1.54, 1.807) is 0 Å². The number of nitrogens with one attached hydrogen (secondary N) is 1. The molecule has 1 fully saturated rings. The Labute approximate surface area is 154 Å². The van der Waals surface area contributed by atoms with Gasteiger partial charge in [0, 0.05) is 19.2 Å². The zero-order chi connectivity index (χ0) is 17.8. The number of nitrogens with zero attached hydrogens (tertiary/aromatic N) is 5. The standard InChI is InChI=1S/C15H20N6O2S2/c1-9-5-21(6-10(2)23-9)12-4-14(17-8-16-12)24-7-13(22)18-15-20-19-11(3)25-15/h4,8-10H,5-7H2,1-3H3,(H,18,20,22). The maximum atomic E-state index is 12.0. The van der Waals surface area contributed by atoms with E-state index in [2.05, 4.69) is 44.2 Å². The molecule has 2 unspecified atom stereocenters. The van der Waals surface area contributed by atoms with Crippen LogP contribution < -0.4 is 10.2 Å². The number of morpholine rings is 1. The summed E-state index contributed by atoms with van der Waals surface area (Å²) in [4.78, 5) is 22.8. The fourth-order valence-corrected chi connectivity index (χ4v) is 3.86. The second-order valence-corrected chi connectivity index (χ2v) is 8.02. The highest BCUT2D eigenvalue weighted by atomic mass is 32.2. The summed E-state index contributed by atoms with van der Waals surface area (Å²) in [5, 5.41) is 12.6. The zero-order valence-electron chi connectivity index (χ0n) is 14.3. The maximum Gasteiger partial charge on any atom is 0.236 e. The molecule has 0 radical (unpaired) electrons. The molecule has 0 aliphatic carbocycles. The number of hydrogen-bond acceptors (Lipinski definition) is 9. The molecule has 3 rings (SSSR count).